The summed E-state index contributed by atoms with van der Waals surface area (Å²) in [5.41, 5.74) is 1.84. The van der Waals surface area contributed by atoms with Crippen molar-refractivity contribution < 1.29 is 9.00 Å². The minimum Gasteiger partial charge on any atom is -0.325 e. The van der Waals surface area contributed by atoms with Gasteiger partial charge in [-0.25, -0.2) is 0 Å². The molecule has 1 aliphatic carbocycles. The first-order valence-electron chi connectivity index (χ1n) is 8.30. The van der Waals surface area contributed by atoms with Crippen LogP contribution < -0.4 is 10.6 Å². The second-order valence-corrected chi connectivity index (χ2v) is 8.99. The first-order chi connectivity index (χ1) is 11.2. The number of carbonyl (C=O) groups is 1. The van der Waals surface area contributed by atoms with Gasteiger partial charge in [0.05, 0.1) is 6.04 Å². The first-order valence-corrected chi connectivity index (χ1v) is 10.8. The fourth-order valence-corrected chi connectivity index (χ4v) is 5.69. The Bertz CT molecular complexity index is 573. The van der Waals surface area contributed by atoms with Crippen LogP contribution in [0.3, 0.4) is 0 Å². The largest absolute Gasteiger partial charge is 0.325 e. The predicted molar refractivity (Wildman–Crippen MR) is 105 cm³/mol. The first kappa shape index (κ1) is 19.8. The number of halogens is 1. The van der Waals surface area contributed by atoms with Crippen molar-refractivity contribution in [2.24, 2.45) is 0 Å². The van der Waals surface area contributed by atoms with Crippen LogP contribution in [-0.4, -0.2) is 33.0 Å². The summed E-state index contributed by atoms with van der Waals surface area (Å²) in [6, 6.07) is 7.67. The number of nitrogens with one attached hydrogen (secondary N) is 2. The van der Waals surface area contributed by atoms with Crippen LogP contribution in [0.2, 0.25) is 0 Å². The Morgan fingerprint density at radius 3 is 2.79 bits per heavy atom. The summed E-state index contributed by atoms with van der Waals surface area (Å²) in [5.74, 6) is 2.25. The van der Waals surface area contributed by atoms with E-state index in [1.165, 1.54) is 19.3 Å². The molecule has 2 unspecified atom stereocenters. The minimum atomic E-state index is -0.809. The highest BCUT2D eigenvalue weighted by Gasteiger charge is 2.23. The molecule has 2 N–H and O–H groups in total. The molecule has 1 aliphatic heterocycles. The van der Waals surface area contributed by atoms with Crippen LogP contribution in [0.4, 0.5) is 5.69 Å². The van der Waals surface area contributed by atoms with Gasteiger partial charge >= 0.3 is 0 Å². The van der Waals surface area contributed by atoms with E-state index in [2.05, 4.69) is 10.6 Å². The third kappa shape index (κ3) is 5.48. The molecule has 0 spiro atoms. The van der Waals surface area contributed by atoms with Gasteiger partial charge in [-0.15, -0.1) is 24.2 Å². The number of hydrogen-bond donors (Lipinski definition) is 2. The molecular weight excluding hydrogens is 364 g/mol. The van der Waals surface area contributed by atoms with E-state index in [9.17, 15) is 9.00 Å². The fourth-order valence-electron chi connectivity index (χ4n) is 3.14. The van der Waals surface area contributed by atoms with Gasteiger partial charge in [-0.3, -0.25) is 14.3 Å². The Labute approximate surface area is 156 Å². The molecule has 2 aliphatic rings. The summed E-state index contributed by atoms with van der Waals surface area (Å²) in [7, 11) is -0.809. The van der Waals surface area contributed by atoms with Crippen LogP contribution >= 0.6 is 24.2 Å². The maximum absolute atomic E-state index is 12.5. The molecule has 134 valence electrons. The van der Waals surface area contributed by atoms with Crippen molar-refractivity contribution in [2.75, 3.05) is 16.9 Å². The van der Waals surface area contributed by atoms with Crippen molar-refractivity contribution in [3.05, 3.63) is 29.8 Å². The van der Waals surface area contributed by atoms with Crippen molar-refractivity contribution in [3.63, 3.8) is 0 Å². The Morgan fingerprint density at radius 2 is 2.08 bits per heavy atom. The number of anilines is 1. The number of carbonyl (C=O) groups excluding carboxylic acids is 1. The molecule has 1 aromatic carbocycles. The zero-order chi connectivity index (χ0) is 16.1. The highest BCUT2D eigenvalue weighted by Crippen LogP contribution is 2.24. The van der Waals surface area contributed by atoms with Gasteiger partial charge in [-0.1, -0.05) is 31.4 Å². The van der Waals surface area contributed by atoms with E-state index in [4.69, 9.17) is 0 Å². The summed E-state index contributed by atoms with van der Waals surface area (Å²) < 4.78 is 12.5. The zero-order valence-electron chi connectivity index (χ0n) is 13.7. The molecule has 0 aromatic heterocycles. The normalized spacial score (nSPS) is 22.6. The molecular formula is C17H25ClN2O2S2. The Balaban J connectivity index is 0.00000208. The van der Waals surface area contributed by atoms with Crippen molar-refractivity contribution in [1.29, 1.82) is 0 Å². The third-order valence-electron chi connectivity index (χ3n) is 4.46. The van der Waals surface area contributed by atoms with Crippen LogP contribution in [-0.2, 0) is 21.3 Å². The molecule has 1 amide bonds. The summed E-state index contributed by atoms with van der Waals surface area (Å²) in [6.45, 7) is 0. The Morgan fingerprint density at radius 1 is 1.29 bits per heavy atom. The van der Waals surface area contributed by atoms with E-state index in [0.29, 0.717) is 11.0 Å². The van der Waals surface area contributed by atoms with Crippen molar-refractivity contribution in [3.8, 4) is 0 Å². The lowest BCUT2D eigenvalue weighted by molar-refractivity contribution is -0.117. The molecule has 1 heterocycles. The number of rotatable bonds is 5. The van der Waals surface area contributed by atoms with E-state index in [-0.39, 0.29) is 24.4 Å². The minimum absolute atomic E-state index is 0. The summed E-state index contributed by atoms with van der Waals surface area (Å²) in [5, 5.41) is 6.48. The van der Waals surface area contributed by atoms with Gasteiger partial charge < -0.3 is 5.32 Å². The maximum atomic E-state index is 12.5. The standard InChI is InChI=1S/C17H24N2O2S2.ClH/c20-17(16-10-22-12-18-16)19-14-6-4-5-13(9-14)11-23(21)15-7-2-1-3-8-15;/h4-6,9,15-16,18H,1-3,7-8,10-12H2,(H,19,20);1H. The predicted octanol–water partition coefficient (Wildman–Crippen LogP) is 3.29. The summed E-state index contributed by atoms with van der Waals surface area (Å²) >= 11 is 1.74. The average molecular weight is 389 g/mol. The molecule has 7 heteroatoms. The van der Waals surface area contributed by atoms with Crippen LogP contribution in [0.15, 0.2) is 24.3 Å². The van der Waals surface area contributed by atoms with Gasteiger partial charge in [0.25, 0.3) is 0 Å². The van der Waals surface area contributed by atoms with Gasteiger partial charge in [0.15, 0.2) is 0 Å². The van der Waals surface area contributed by atoms with Gasteiger partial charge in [-0.05, 0) is 30.5 Å². The third-order valence-corrected chi connectivity index (χ3v) is 7.23. The van der Waals surface area contributed by atoms with Crippen LogP contribution in [0, 0.1) is 0 Å². The molecule has 2 atom stereocenters. The SMILES string of the molecule is Cl.O=C(Nc1cccc(CS(=O)C2CCCCC2)c1)C1CSCN1. The number of benzene rings is 1. The lowest BCUT2D eigenvalue weighted by atomic mass is 10.0. The van der Waals surface area contributed by atoms with Gasteiger partial charge in [0.2, 0.25) is 5.91 Å². The highest BCUT2D eigenvalue weighted by atomic mass is 35.5. The average Bonchev–Trinajstić information content (AvgIpc) is 3.10. The molecule has 0 radical (unpaired) electrons. The van der Waals surface area contributed by atoms with Gasteiger partial charge in [-0.2, -0.15) is 0 Å². The van der Waals surface area contributed by atoms with Crippen LogP contribution in [0.5, 0.6) is 0 Å². The Hall–Kier alpha value is -0.560. The molecule has 1 aromatic rings. The van der Waals surface area contributed by atoms with Crippen molar-refractivity contribution >= 4 is 46.6 Å². The number of thioether (sulfide) groups is 1. The molecule has 24 heavy (non-hydrogen) atoms. The summed E-state index contributed by atoms with van der Waals surface area (Å²) in [6.07, 6.45) is 5.88. The van der Waals surface area contributed by atoms with E-state index in [1.807, 2.05) is 24.3 Å². The van der Waals surface area contributed by atoms with E-state index in [0.717, 1.165) is 35.7 Å². The second kappa shape index (κ2) is 9.80. The molecule has 0 bridgehead atoms. The second-order valence-electron chi connectivity index (χ2n) is 6.25. The van der Waals surface area contributed by atoms with E-state index >= 15 is 0 Å². The topological polar surface area (TPSA) is 58.2 Å². The lowest BCUT2D eigenvalue weighted by Gasteiger charge is -2.21. The Kier molecular flexibility index (Phi) is 8.07. The fraction of sp³-hybridized carbons (Fsp3) is 0.588. The molecule has 3 rings (SSSR count). The number of amides is 1. The molecule has 1 saturated heterocycles. The molecule has 1 saturated carbocycles. The lowest BCUT2D eigenvalue weighted by Crippen LogP contribution is -2.37. The van der Waals surface area contributed by atoms with E-state index in [1.54, 1.807) is 11.8 Å². The smallest absolute Gasteiger partial charge is 0.242 e. The van der Waals surface area contributed by atoms with Crippen molar-refractivity contribution in [1.82, 2.24) is 5.32 Å². The van der Waals surface area contributed by atoms with Crippen LogP contribution in [0.1, 0.15) is 37.7 Å². The van der Waals surface area contributed by atoms with Crippen molar-refractivity contribution in [2.45, 2.75) is 49.1 Å². The van der Waals surface area contributed by atoms with Gasteiger partial charge in [0, 0.05) is 39.1 Å². The quantitative estimate of drug-likeness (QED) is 0.812. The molecule has 4 nitrogen and oxygen atoms in total. The maximum Gasteiger partial charge on any atom is 0.242 e. The number of hydrogen-bond acceptors (Lipinski definition) is 4. The zero-order valence-corrected chi connectivity index (χ0v) is 16.1. The van der Waals surface area contributed by atoms with Gasteiger partial charge in [0.1, 0.15) is 0 Å². The summed E-state index contributed by atoms with van der Waals surface area (Å²) in [4.78, 5) is 12.1. The van der Waals surface area contributed by atoms with E-state index < -0.39 is 10.8 Å². The molecule has 2 fully saturated rings. The monoisotopic (exact) mass is 388 g/mol. The van der Waals surface area contributed by atoms with Crippen LogP contribution in [0.25, 0.3) is 0 Å². The highest BCUT2D eigenvalue weighted by molar-refractivity contribution is 7.99.